The van der Waals surface area contributed by atoms with Crippen LogP contribution in [0.25, 0.3) is 0 Å². The van der Waals surface area contributed by atoms with E-state index in [2.05, 4.69) is 19.9 Å². The molecule has 2 saturated carbocycles. The van der Waals surface area contributed by atoms with Crippen LogP contribution < -0.4 is 0 Å². The molecular formula is C25H37NO3S. The summed E-state index contributed by atoms with van der Waals surface area (Å²) in [5.74, 6) is 0.897. The lowest BCUT2D eigenvalue weighted by Gasteiger charge is -2.49. The van der Waals surface area contributed by atoms with Crippen molar-refractivity contribution in [1.29, 1.82) is 5.26 Å². The van der Waals surface area contributed by atoms with Crippen LogP contribution in [0.2, 0.25) is 0 Å². The van der Waals surface area contributed by atoms with Gasteiger partial charge in [0.15, 0.2) is 0 Å². The molecule has 0 saturated heterocycles. The number of aliphatic hydroxyl groups excluding tert-OH is 1. The summed E-state index contributed by atoms with van der Waals surface area (Å²) < 4.78 is 0. The Balaban J connectivity index is 1.46. The maximum atomic E-state index is 11.0. The molecule has 3 rings (SSSR count). The Morgan fingerprint density at radius 1 is 1.27 bits per heavy atom. The lowest BCUT2D eigenvalue weighted by atomic mass is 9.58. The van der Waals surface area contributed by atoms with Gasteiger partial charge in [-0.05, 0) is 93.1 Å². The van der Waals surface area contributed by atoms with Crippen LogP contribution in [0.3, 0.4) is 0 Å². The first kappa shape index (κ1) is 23.3. The van der Waals surface area contributed by atoms with E-state index in [0.717, 1.165) is 69.1 Å². The lowest BCUT2D eigenvalue weighted by Crippen LogP contribution is -2.45. The molecule has 3 unspecified atom stereocenters. The Bertz CT molecular complexity index is 746. The van der Waals surface area contributed by atoms with Gasteiger partial charge in [0.05, 0.1) is 12.2 Å². The van der Waals surface area contributed by atoms with Gasteiger partial charge >= 0.3 is 5.97 Å². The summed E-state index contributed by atoms with van der Waals surface area (Å²) in [4.78, 5) is 12.6. The number of carboxylic acids is 1. The maximum absolute atomic E-state index is 11.0. The van der Waals surface area contributed by atoms with Crippen molar-refractivity contribution in [2.75, 3.05) is 0 Å². The molecule has 0 aromatic carbocycles. The predicted octanol–water partition coefficient (Wildman–Crippen LogP) is 6.29. The standard InChI is InChI=1S/C25H37NO3S/c1-17(2)25(14-5-15-25)23(27)9-4-8-21-18(10-11-19(21)16-26)6-3-7-20-12-13-22(30-20)24(28)29/h12-13,17-19,21,23,27H,3-11,14-15H2,1-2H3,(H,28,29)/t18-,19?,21?,23?/m0/s1. The third kappa shape index (κ3) is 5.08. The fourth-order valence-corrected chi connectivity index (χ4v) is 6.87. The summed E-state index contributed by atoms with van der Waals surface area (Å²) in [7, 11) is 0. The van der Waals surface area contributed by atoms with Crippen molar-refractivity contribution in [3.63, 3.8) is 0 Å². The largest absolute Gasteiger partial charge is 0.477 e. The number of aliphatic hydroxyl groups is 1. The van der Waals surface area contributed by atoms with Crippen LogP contribution in [0.4, 0.5) is 0 Å². The zero-order valence-electron chi connectivity index (χ0n) is 18.5. The van der Waals surface area contributed by atoms with Crippen molar-refractivity contribution >= 4 is 17.3 Å². The highest BCUT2D eigenvalue weighted by Gasteiger charge is 2.45. The Labute approximate surface area is 185 Å². The van der Waals surface area contributed by atoms with Crippen molar-refractivity contribution in [1.82, 2.24) is 0 Å². The van der Waals surface area contributed by atoms with Crippen molar-refractivity contribution in [2.45, 2.75) is 90.6 Å². The molecule has 166 valence electrons. The number of aryl methyl sites for hydroxylation is 1. The second-order valence-corrected chi connectivity index (χ2v) is 11.1. The zero-order chi connectivity index (χ0) is 21.7. The second-order valence-electron chi connectivity index (χ2n) is 9.89. The monoisotopic (exact) mass is 431 g/mol. The highest BCUT2D eigenvalue weighted by molar-refractivity contribution is 7.13. The fraction of sp³-hybridized carbons (Fsp3) is 0.760. The quantitative estimate of drug-likeness (QED) is 0.431. The first-order chi connectivity index (χ1) is 14.4. The number of nitrogens with zero attached hydrogens (tertiary/aromatic N) is 1. The average Bonchev–Trinajstić information content (AvgIpc) is 3.28. The van der Waals surface area contributed by atoms with E-state index < -0.39 is 5.97 Å². The fourth-order valence-electron chi connectivity index (χ4n) is 5.99. The van der Waals surface area contributed by atoms with E-state index in [9.17, 15) is 15.2 Å². The molecule has 1 heterocycles. The van der Waals surface area contributed by atoms with E-state index in [4.69, 9.17) is 5.11 Å². The Morgan fingerprint density at radius 3 is 2.60 bits per heavy atom. The molecule has 2 fully saturated rings. The number of nitriles is 1. The Hall–Kier alpha value is -1.38. The Morgan fingerprint density at radius 2 is 2.03 bits per heavy atom. The summed E-state index contributed by atoms with van der Waals surface area (Å²) >= 11 is 1.38. The van der Waals surface area contributed by atoms with Crippen LogP contribution in [0.15, 0.2) is 12.1 Å². The molecular weight excluding hydrogens is 394 g/mol. The van der Waals surface area contributed by atoms with Crippen LogP contribution in [-0.2, 0) is 6.42 Å². The van der Waals surface area contributed by atoms with E-state index in [1.165, 1.54) is 17.8 Å². The van der Waals surface area contributed by atoms with Gasteiger partial charge in [-0.25, -0.2) is 4.79 Å². The highest BCUT2D eigenvalue weighted by atomic mass is 32.1. The number of carbonyl (C=O) groups is 1. The van der Waals surface area contributed by atoms with Gasteiger partial charge in [-0.15, -0.1) is 11.3 Å². The van der Waals surface area contributed by atoms with Crippen LogP contribution in [0.1, 0.15) is 92.6 Å². The topological polar surface area (TPSA) is 81.3 Å². The van der Waals surface area contributed by atoms with Gasteiger partial charge in [0.25, 0.3) is 0 Å². The van der Waals surface area contributed by atoms with Gasteiger partial charge in [0, 0.05) is 10.8 Å². The normalized spacial score (nSPS) is 26.3. The summed E-state index contributed by atoms with van der Waals surface area (Å²) in [6.45, 7) is 4.49. The molecule has 2 aliphatic carbocycles. The van der Waals surface area contributed by atoms with Crippen molar-refractivity contribution in [3.05, 3.63) is 21.9 Å². The SMILES string of the molecule is CC(C)C1(C(O)CCCC2C(C#N)CC[C@@H]2CCCc2ccc(C(=O)O)s2)CCC1. The van der Waals surface area contributed by atoms with E-state index in [-0.39, 0.29) is 17.4 Å². The van der Waals surface area contributed by atoms with Crippen LogP contribution in [0, 0.1) is 40.4 Å². The van der Waals surface area contributed by atoms with Gasteiger partial charge in [-0.1, -0.05) is 26.7 Å². The van der Waals surface area contributed by atoms with Crippen LogP contribution in [0.5, 0.6) is 0 Å². The van der Waals surface area contributed by atoms with Gasteiger partial charge < -0.3 is 10.2 Å². The van der Waals surface area contributed by atoms with Gasteiger partial charge in [0.1, 0.15) is 4.88 Å². The van der Waals surface area contributed by atoms with Crippen molar-refractivity contribution in [2.24, 2.45) is 29.1 Å². The van der Waals surface area contributed by atoms with Gasteiger partial charge in [-0.2, -0.15) is 5.26 Å². The molecule has 4 atom stereocenters. The van der Waals surface area contributed by atoms with Crippen LogP contribution >= 0.6 is 11.3 Å². The minimum Gasteiger partial charge on any atom is -0.477 e. The molecule has 4 nitrogen and oxygen atoms in total. The molecule has 0 radical (unpaired) electrons. The highest BCUT2D eigenvalue weighted by Crippen LogP contribution is 2.51. The third-order valence-corrected chi connectivity index (χ3v) is 9.25. The molecule has 2 N–H and O–H groups in total. The van der Waals surface area contributed by atoms with Gasteiger partial charge in [-0.3, -0.25) is 0 Å². The molecule has 0 amide bonds. The molecule has 0 bridgehead atoms. The van der Waals surface area contributed by atoms with E-state index in [0.29, 0.717) is 22.6 Å². The maximum Gasteiger partial charge on any atom is 0.345 e. The predicted molar refractivity (Wildman–Crippen MR) is 121 cm³/mol. The summed E-state index contributed by atoms with van der Waals surface area (Å²) in [5.41, 5.74) is 0.138. The van der Waals surface area contributed by atoms with Crippen LogP contribution in [-0.4, -0.2) is 22.3 Å². The molecule has 1 aromatic heterocycles. The second kappa shape index (κ2) is 10.3. The Kier molecular flexibility index (Phi) is 7.98. The smallest absolute Gasteiger partial charge is 0.345 e. The zero-order valence-corrected chi connectivity index (χ0v) is 19.3. The molecule has 5 heteroatoms. The summed E-state index contributed by atoms with van der Waals surface area (Å²) in [6.07, 6.45) is 11.5. The number of hydrogen-bond donors (Lipinski definition) is 2. The van der Waals surface area contributed by atoms with E-state index in [1.54, 1.807) is 6.07 Å². The number of thiophene rings is 1. The molecule has 1 aromatic rings. The third-order valence-electron chi connectivity index (χ3n) is 8.12. The first-order valence-corrected chi connectivity index (χ1v) is 12.6. The number of hydrogen-bond acceptors (Lipinski definition) is 4. The van der Waals surface area contributed by atoms with Crippen molar-refractivity contribution < 1.29 is 15.0 Å². The molecule has 2 aliphatic rings. The number of aromatic carboxylic acids is 1. The number of carboxylic acid groups (broad SMARTS) is 1. The van der Waals surface area contributed by atoms with E-state index >= 15 is 0 Å². The summed E-state index contributed by atoms with van der Waals surface area (Å²) in [5, 5.41) is 29.5. The lowest BCUT2D eigenvalue weighted by molar-refractivity contribution is -0.0743. The molecule has 0 spiro atoms. The van der Waals surface area contributed by atoms with Gasteiger partial charge in [0.2, 0.25) is 0 Å². The van der Waals surface area contributed by atoms with E-state index in [1.807, 2.05) is 6.07 Å². The molecule has 30 heavy (non-hydrogen) atoms. The molecule has 0 aliphatic heterocycles. The van der Waals surface area contributed by atoms with Crippen molar-refractivity contribution in [3.8, 4) is 6.07 Å². The minimum absolute atomic E-state index is 0.138. The average molecular weight is 432 g/mol. The number of rotatable bonds is 11. The minimum atomic E-state index is -0.845. The first-order valence-electron chi connectivity index (χ1n) is 11.8. The summed E-state index contributed by atoms with van der Waals surface area (Å²) in [6, 6.07) is 6.18.